The highest BCUT2D eigenvalue weighted by atomic mass is 32.1. The second-order valence-corrected chi connectivity index (χ2v) is 7.08. The van der Waals surface area contributed by atoms with Crippen LogP contribution in [0.15, 0.2) is 47.5 Å². The highest BCUT2D eigenvalue weighted by Gasteiger charge is 2.12. The van der Waals surface area contributed by atoms with Crippen molar-refractivity contribution < 1.29 is 23.8 Å². The first kappa shape index (κ1) is 20.6. The number of hydrogen-bond acceptors (Lipinski definition) is 6. The fourth-order valence-electron chi connectivity index (χ4n) is 2.80. The number of carbonyl (C=O) groups is 2. The molecule has 2 aromatic carbocycles. The number of fused-ring (bicyclic) bond motifs is 1. The maximum absolute atomic E-state index is 12.7. The SMILES string of the molecule is CCOC(=O)CCn1c(=NC(=O)c2ccc(OC)cc2)sc2ccc(OC)cc21. The fourth-order valence-corrected chi connectivity index (χ4v) is 3.83. The third-order valence-corrected chi connectivity index (χ3v) is 5.33. The third-order valence-electron chi connectivity index (χ3n) is 4.27. The molecule has 0 unspecified atom stereocenters. The van der Waals surface area contributed by atoms with E-state index >= 15 is 0 Å². The molecule has 0 spiro atoms. The Kier molecular flexibility index (Phi) is 6.66. The lowest BCUT2D eigenvalue weighted by Crippen LogP contribution is -2.19. The van der Waals surface area contributed by atoms with Gasteiger partial charge in [-0.3, -0.25) is 9.59 Å². The van der Waals surface area contributed by atoms with Gasteiger partial charge in [0.05, 0.1) is 37.5 Å². The Morgan fingerprint density at radius 3 is 2.38 bits per heavy atom. The fraction of sp³-hybridized carbons (Fsp3) is 0.286. The summed E-state index contributed by atoms with van der Waals surface area (Å²) in [6, 6.07) is 12.4. The zero-order chi connectivity index (χ0) is 20.8. The minimum Gasteiger partial charge on any atom is -0.497 e. The predicted molar refractivity (Wildman–Crippen MR) is 111 cm³/mol. The maximum atomic E-state index is 12.7. The molecule has 7 nitrogen and oxygen atoms in total. The molecule has 0 aliphatic heterocycles. The van der Waals surface area contributed by atoms with Gasteiger partial charge in [-0.05, 0) is 43.3 Å². The Balaban J connectivity index is 2.02. The lowest BCUT2D eigenvalue weighted by molar-refractivity contribution is -0.143. The van der Waals surface area contributed by atoms with E-state index in [9.17, 15) is 9.59 Å². The van der Waals surface area contributed by atoms with E-state index in [-0.39, 0.29) is 18.3 Å². The first-order chi connectivity index (χ1) is 14.0. The van der Waals surface area contributed by atoms with Crippen molar-refractivity contribution in [2.75, 3.05) is 20.8 Å². The lowest BCUT2D eigenvalue weighted by Gasteiger charge is -2.06. The van der Waals surface area contributed by atoms with E-state index in [1.165, 1.54) is 11.3 Å². The van der Waals surface area contributed by atoms with Crippen LogP contribution in [0, 0.1) is 0 Å². The van der Waals surface area contributed by atoms with E-state index in [0.29, 0.717) is 35.0 Å². The van der Waals surface area contributed by atoms with E-state index in [4.69, 9.17) is 14.2 Å². The number of rotatable bonds is 7. The molecule has 1 amide bonds. The first-order valence-electron chi connectivity index (χ1n) is 9.11. The normalized spacial score (nSPS) is 11.5. The van der Waals surface area contributed by atoms with Gasteiger partial charge in [0.2, 0.25) is 0 Å². The van der Waals surface area contributed by atoms with Crippen molar-refractivity contribution >= 4 is 33.4 Å². The highest BCUT2D eigenvalue weighted by molar-refractivity contribution is 7.16. The highest BCUT2D eigenvalue weighted by Crippen LogP contribution is 2.23. The summed E-state index contributed by atoms with van der Waals surface area (Å²) in [7, 11) is 3.16. The molecule has 8 heteroatoms. The standard InChI is InChI=1S/C21H22N2O5S/c1-4-28-19(24)11-12-23-17-13-16(27-3)9-10-18(17)29-21(23)22-20(25)14-5-7-15(26-2)8-6-14/h5-10,13H,4,11-12H2,1-3H3. The molecule has 0 fully saturated rings. The first-order valence-corrected chi connectivity index (χ1v) is 9.93. The van der Waals surface area contributed by atoms with Crippen LogP contribution < -0.4 is 14.3 Å². The zero-order valence-corrected chi connectivity index (χ0v) is 17.3. The Morgan fingerprint density at radius 2 is 1.72 bits per heavy atom. The molecule has 0 saturated carbocycles. The van der Waals surface area contributed by atoms with Gasteiger partial charge in [-0.25, -0.2) is 0 Å². The van der Waals surface area contributed by atoms with E-state index in [1.807, 2.05) is 22.8 Å². The van der Waals surface area contributed by atoms with Crippen LogP contribution in [0.5, 0.6) is 11.5 Å². The largest absolute Gasteiger partial charge is 0.497 e. The number of esters is 1. The van der Waals surface area contributed by atoms with Gasteiger partial charge in [-0.2, -0.15) is 4.99 Å². The predicted octanol–water partition coefficient (Wildman–Crippen LogP) is 3.41. The third kappa shape index (κ3) is 4.83. The average Bonchev–Trinajstić information content (AvgIpc) is 3.08. The quantitative estimate of drug-likeness (QED) is 0.554. The second kappa shape index (κ2) is 9.38. The number of carbonyl (C=O) groups excluding carboxylic acids is 2. The molecule has 29 heavy (non-hydrogen) atoms. The van der Waals surface area contributed by atoms with Crippen molar-refractivity contribution in [3.8, 4) is 11.5 Å². The van der Waals surface area contributed by atoms with Gasteiger partial charge >= 0.3 is 5.97 Å². The topological polar surface area (TPSA) is 79.1 Å². The Morgan fingerprint density at radius 1 is 1.03 bits per heavy atom. The molecule has 0 N–H and O–H groups in total. The van der Waals surface area contributed by atoms with Crippen molar-refractivity contribution in [3.63, 3.8) is 0 Å². The maximum Gasteiger partial charge on any atom is 0.307 e. The minimum absolute atomic E-state index is 0.181. The molecule has 0 aliphatic rings. The number of aromatic nitrogens is 1. The Hall–Kier alpha value is -3.13. The molecule has 1 aromatic heterocycles. The van der Waals surface area contributed by atoms with Gasteiger partial charge in [0.25, 0.3) is 5.91 Å². The summed E-state index contributed by atoms with van der Waals surface area (Å²) in [6.07, 6.45) is 0.181. The van der Waals surface area contributed by atoms with Crippen LogP contribution >= 0.6 is 11.3 Å². The minimum atomic E-state index is -0.365. The summed E-state index contributed by atoms with van der Waals surface area (Å²) in [5, 5.41) is 0. The molecule has 152 valence electrons. The van der Waals surface area contributed by atoms with Crippen molar-refractivity contribution in [1.82, 2.24) is 4.57 Å². The number of amides is 1. The smallest absolute Gasteiger partial charge is 0.307 e. The molecule has 3 aromatic rings. The van der Waals surface area contributed by atoms with Crippen LogP contribution in [0.2, 0.25) is 0 Å². The van der Waals surface area contributed by atoms with Crippen LogP contribution in [-0.4, -0.2) is 37.3 Å². The van der Waals surface area contributed by atoms with E-state index in [0.717, 1.165) is 10.2 Å². The van der Waals surface area contributed by atoms with Gasteiger partial charge in [-0.1, -0.05) is 11.3 Å². The number of ether oxygens (including phenoxy) is 3. The van der Waals surface area contributed by atoms with Crippen LogP contribution in [-0.2, 0) is 16.1 Å². The summed E-state index contributed by atoms with van der Waals surface area (Å²) in [4.78, 5) is 29.3. The number of aryl methyl sites for hydroxylation is 1. The van der Waals surface area contributed by atoms with Gasteiger partial charge < -0.3 is 18.8 Å². The van der Waals surface area contributed by atoms with Gasteiger partial charge in [0, 0.05) is 18.2 Å². The zero-order valence-electron chi connectivity index (χ0n) is 16.5. The summed E-state index contributed by atoms with van der Waals surface area (Å²) in [6.45, 7) is 2.44. The Labute approximate surface area is 172 Å². The molecule has 3 rings (SSSR count). The molecule has 0 saturated heterocycles. The molecule has 1 heterocycles. The van der Waals surface area contributed by atoms with Gasteiger partial charge in [0.1, 0.15) is 11.5 Å². The molecule has 0 aliphatic carbocycles. The summed E-state index contributed by atoms with van der Waals surface area (Å²) >= 11 is 1.38. The van der Waals surface area contributed by atoms with Crippen LogP contribution in [0.4, 0.5) is 0 Å². The molecule has 0 radical (unpaired) electrons. The summed E-state index contributed by atoms with van der Waals surface area (Å²) in [5.41, 5.74) is 1.30. The summed E-state index contributed by atoms with van der Waals surface area (Å²) < 4.78 is 18.3. The number of hydrogen-bond donors (Lipinski definition) is 0. The van der Waals surface area contributed by atoms with Crippen molar-refractivity contribution in [1.29, 1.82) is 0 Å². The van der Waals surface area contributed by atoms with Crippen molar-refractivity contribution in [2.45, 2.75) is 19.9 Å². The van der Waals surface area contributed by atoms with Gasteiger partial charge in [0.15, 0.2) is 4.80 Å². The average molecular weight is 414 g/mol. The number of benzene rings is 2. The van der Waals surface area contributed by atoms with E-state index in [1.54, 1.807) is 45.4 Å². The number of methoxy groups -OCH3 is 2. The van der Waals surface area contributed by atoms with Gasteiger partial charge in [-0.15, -0.1) is 0 Å². The lowest BCUT2D eigenvalue weighted by atomic mass is 10.2. The molecule has 0 bridgehead atoms. The number of nitrogens with zero attached hydrogens (tertiary/aromatic N) is 2. The molecular weight excluding hydrogens is 392 g/mol. The Bertz CT molecular complexity index is 1080. The van der Waals surface area contributed by atoms with Crippen molar-refractivity contribution in [3.05, 3.63) is 52.8 Å². The van der Waals surface area contributed by atoms with Crippen LogP contribution in [0.3, 0.4) is 0 Å². The molecular formula is C21H22N2O5S. The number of thiazole rings is 1. The van der Waals surface area contributed by atoms with Crippen molar-refractivity contribution in [2.24, 2.45) is 4.99 Å². The monoisotopic (exact) mass is 414 g/mol. The van der Waals surface area contributed by atoms with Crippen LogP contribution in [0.1, 0.15) is 23.7 Å². The summed E-state index contributed by atoms with van der Waals surface area (Å²) in [5.74, 6) is 0.693. The van der Waals surface area contributed by atoms with E-state index < -0.39 is 0 Å². The van der Waals surface area contributed by atoms with Crippen LogP contribution in [0.25, 0.3) is 10.2 Å². The molecule has 0 atom stereocenters. The van der Waals surface area contributed by atoms with E-state index in [2.05, 4.69) is 4.99 Å². The second-order valence-electron chi connectivity index (χ2n) is 6.07.